The smallest absolute Gasteiger partial charge is 0.148 e. The van der Waals surface area contributed by atoms with E-state index in [2.05, 4.69) is 27.6 Å². The van der Waals surface area contributed by atoms with E-state index >= 15 is 0 Å². The van der Waals surface area contributed by atoms with Crippen molar-refractivity contribution in [3.8, 4) is 0 Å². The lowest BCUT2D eigenvalue weighted by Crippen LogP contribution is -2.15. The maximum atomic E-state index is 5.49. The molecule has 0 amide bonds. The molecule has 0 bridgehead atoms. The van der Waals surface area contributed by atoms with Crippen LogP contribution in [0.15, 0.2) is 23.0 Å². The van der Waals surface area contributed by atoms with Gasteiger partial charge in [-0.1, -0.05) is 6.92 Å². The van der Waals surface area contributed by atoms with E-state index in [9.17, 15) is 0 Å². The monoisotopic (exact) mass is 261 g/mol. The Balaban J connectivity index is 2.19. The molecule has 2 rings (SSSR count). The maximum absolute atomic E-state index is 5.49. The van der Waals surface area contributed by atoms with Gasteiger partial charge in [-0.25, -0.2) is 15.8 Å². The van der Waals surface area contributed by atoms with E-state index in [4.69, 9.17) is 10.3 Å². The zero-order chi connectivity index (χ0) is 13.7. The van der Waals surface area contributed by atoms with Gasteiger partial charge in [0.1, 0.15) is 17.5 Å². The molecule has 0 spiro atoms. The lowest BCUT2D eigenvalue weighted by atomic mass is 10.2. The molecule has 2 aromatic rings. The van der Waals surface area contributed by atoms with Crippen molar-refractivity contribution in [2.75, 3.05) is 10.7 Å². The van der Waals surface area contributed by atoms with Gasteiger partial charge in [-0.2, -0.15) is 0 Å². The zero-order valence-electron chi connectivity index (χ0n) is 11.2. The van der Waals surface area contributed by atoms with Crippen molar-refractivity contribution in [3.63, 3.8) is 0 Å². The van der Waals surface area contributed by atoms with Crippen LogP contribution in [0.25, 0.3) is 0 Å². The number of aryl methyl sites for hydroxylation is 1. The van der Waals surface area contributed by atoms with Crippen LogP contribution in [-0.4, -0.2) is 9.97 Å². The number of nitrogens with zero attached hydrogens (tertiary/aromatic N) is 2. The van der Waals surface area contributed by atoms with E-state index in [1.54, 1.807) is 12.5 Å². The van der Waals surface area contributed by atoms with Gasteiger partial charge in [0.05, 0.1) is 12.5 Å². The summed E-state index contributed by atoms with van der Waals surface area (Å²) in [7, 11) is 0. The van der Waals surface area contributed by atoms with Gasteiger partial charge >= 0.3 is 0 Å². The molecule has 4 N–H and O–H groups in total. The summed E-state index contributed by atoms with van der Waals surface area (Å²) < 4.78 is 5.04. The molecule has 0 radical (unpaired) electrons. The Morgan fingerprint density at radius 1 is 1.32 bits per heavy atom. The van der Waals surface area contributed by atoms with Crippen molar-refractivity contribution in [2.24, 2.45) is 5.84 Å². The van der Waals surface area contributed by atoms with Gasteiger partial charge in [0, 0.05) is 24.1 Å². The van der Waals surface area contributed by atoms with Gasteiger partial charge in [-0.3, -0.25) is 0 Å². The summed E-state index contributed by atoms with van der Waals surface area (Å²) >= 11 is 0. The van der Waals surface area contributed by atoms with Gasteiger partial charge in [-0.05, 0) is 19.4 Å². The second-order valence-electron chi connectivity index (χ2n) is 4.34. The number of hydrazine groups is 1. The Kier molecular flexibility index (Phi) is 4.35. The van der Waals surface area contributed by atoms with Crippen molar-refractivity contribution in [2.45, 2.75) is 33.2 Å². The Bertz CT molecular complexity index is 524. The minimum Gasteiger partial charge on any atom is -0.472 e. The van der Waals surface area contributed by atoms with E-state index in [-0.39, 0.29) is 0 Å². The molecule has 0 aliphatic carbocycles. The largest absolute Gasteiger partial charge is 0.472 e. The molecular weight excluding hydrogens is 242 g/mol. The fourth-order valence-electron chi connectivity index (χ4n) is 1.79. The lowest BCUT2D eigenvalue weighted by Gasteiger charge is -2.13. The molecule has 6 heteroatoms. The third-order valence-electron chi connectivity index (χ3n) is 2.84. The van der Waals surface area contributed by atoms with Crippen molar-refractivity contribution in [1.82, 2.24) is 9.97 Å². The summed E-state index contributed by atoms with van der Waals surface area (Å²) in [6.07, 6.45) is 5.18. The normalized spacial score (nSPS) is 10.5. The van der Waals surface area contributed by atoms with Crippen molar-refractivity contribution in [1.29, 1.82) is 0 Å². The second-order valence-corrected chi connectivity index (χ2v) is 4.34. The second kappa shape index (κ2) is 6.19. The van der Waals surface area contributed by atoms with E-state index in [0.717, 1.165) is 35.6 Å². The van der Waals surface area contributed by atoms with Crippen LogP contribution in [0.2, 0.25) is 0 Å². The molecule has 0 saturated carbocycles. The van der Waals surface area contributed by atoms with Crippen LogP contribution >= 0.6 is 0 Å². The summed E-state index contributed by atoms with van der Waals surface area (Å²) in [6.45, 7) is 4.68. The average molecular weight is 261 g/mol. The standard InChI is InChI=1S/C13H19N5O/c1-3-4-11-16-12(9(2)13(17-11)18-14)15-7-10-5-6-19-8-10/h5-6,8H,3-4,7,14H2,1-2H3,(H2,15,16,17,18). The van der Waals surface area contributed by atoms with Gasteiger partial charge in [-0.15, -0.1) is 0 Å². The number of nitrogen functional groups attached to an aromatic ring is 1. The molecule has 0 aromatic carbocycles. The predicted molar refractivity (Wildman–Crippen MR) is 74.6 cm³/mol. The Hall–Kier alpha value is -2.08. The number of furan rings is 1. The first-order valence-corrected chi connectivity index (χ1v) is 6.33. The van der Waals surface area contributed by atoms with Crippen molar-refractivity contribution >= 4 is 11.6 Å². The fraction of sp³-hybridized carbons (Fsp3) is 0.385. The molecule has 2 heterocycles. The highest BCUT2D eigenvalue weighted by Crippen LogP contribution is 2.20. The SMILES string of the molecule is CCCc1nc(NN)c(C)c(NCc2ccoc2)n1. The highest BCUT2D eigenvalue weighted by Gasteiger charge is 2.09. The van der Waals surface area contributed by atoms with Gasteiger partial charge in [0.2, 0.25) is 0 Å². The average Bonchev–Trinajstić information content (AvgIpc) is 2.92. The number of hydrogen-bond acceptors (Lipinski definition) is 6. The minimum absolute atomic E-state index is 0.657. The van der Waals surface area contributed by atoms with E-state index in [0.29, 0.717) is 12.4 Å². The summed E-state index contributed by atoms with van der Waals surface area (Å²) in [4.78, 5) is 8.90. The molecule has 0 aliphatic rings. The van der Waals surface area contributed by atoms with Crippen LogP contribution in [0.4, 0.5) is 11.6 Å². The fourth-order valence-corrected chi connectivity index (χ4v) is 1.79. The quantitative estimate of drug-likeness (QED) is 0.546. The van der Waals surface area contributed by atoms with E-state index in [1.807, 2.05) is 13.0 Å². The van der Waals surface area contributed by atoms with Crippen LogP contribution in [-0.2, 0) is 13.0 Å². The van der Waals surface area contributed by atoms with Crippen LogP contribution in [0, 0.1) is 6.92 Å². The van der Waals surface area contributed by atoms with Gasteiger partial charge < -0.3 is 15.2 Å². The number of hydrogen-bond donors (Lipinski definition) is 3. The number of anilines is 2. The van der Waals surface area contributed by atoms with E-state index < -0.39 is 0 Å². The summed E-state index contributed by atoms with van der Waals surface area (Å²) in [6, 6.07) is 1.92. The Labute approximate surface area is 112 Å². The highest BCUT2D eigenvalue weighted by molar-refractivity contribution is 5.56. The third kappa shape index (κ3) is 3.23. The van der Waals surface area contributed by atoms with Crippen LogP contribution in [0.1, 0.15) is 30.3 Å². The zero-order valence-corrected chi connectivity index (χ0v) is 11.2. The molecule has 19 heavy (non-hydrogen) atoms. The Morgan fingerprint density at radius 3 is 2.74 bits per heavy atom. The molecular formula is C13H19N5O. The molecule has 0 aliphatic heterocycles. The van der Waals surface area contributed by atoms with Crippen molar-refractivity contribution < 1.29 is 4.42 Å². The molecule has 6 nitrogen and oxygen atoms in total. The summed E-state index contributed by atoms with van der Waals surface area (Å²) in [5.41, 5.74) is 4.59. The minimum atomic E-state index is 0.657. The van der Waals surface area contributed by atoms with Crippen LogP contribution in [0.3, 0.4) is 0 Å². The number of aromatic nitrogens is 2. The topological polar surface area (TPSA) is 89.0 Å². The maximum Gasteiger partial charge on any atom is 0.148 e. The van der Waals surface area contributed by atoms with Gasteiger partial charge in [0.25, 0.3) is 0 Å². The summed E-state index contributed by atoms with van der Waals surface area (Å²) in [5.74, 6) is 7.74. The first kappa shape index (κ1) is 13.4. The number of nitrogens with one attached hydrogen (secondary N) is 2. The van der Waals surface area contributed by atoms with Crippen LogP contribution in [0.5, 0.6) is 0 Å². The molecule has 0 atom stereocenters. The molecule has 0 unspecified atom stereocenters. The van der Waals surface area contributed by atoms with E-state index in [1.165, 1.54) is 0 Å². The molecule has 2 aromatic heterocycles. The number of rotatable bonds is 6. The first-order valence-electron chi connectivity index (χ1n) is 6.33. The Morgan fingerprint density at radius 2 is 2.11 bits per heavy atom. The molecule has 0 saturated heterocycles. The highest BCUT2D eigenvalue weighted by atomic mass is 16.3. The number of nitrogens with two attached hydrogens (primary N) is 1. The van der Waals surface area contributed by atoms with Crippen LogP contribution < -0.4 is 16.6 Å². The lowest BCUT2D eigenvalue weighted by molar-refractivity contribution is 0.564. The van der Waals surface area contributed by atoms with Gasteiger partial charge in [0.15, 0.2) is 0 Å². The molecule has 0 fully saturated rings. The first-order chi connectivity index (χ1) is 9.24. The molecule has 102 valence electrons. The van der Waals surface area contributed by atoms with Crippen molar-refractivity contribution in [3.05, 3.63) is 35.5 Å². The third-order valence-corrected chi connectivity index (χ3v) is 2.84. The predicted octanol–water partition coefficient (Wildman–Crippen LogP) is 2.23. The summed E-state index contributed by atoms with van der Waals surface area (Å²) in [5, 5.41) is 3.28.